The van der Waals surface area contributed by atoms with Crippen molar-refractivity contribution in [2.45, 2.75) is 342 Å². The average Bonchev–Trinajstić information content (AvgIpc) is 3.30. The Hall–Kier alpha value is -1.59. The maximum absolute atomic E-state index is 12.8. The molecule has 0 aromatic heterocycles. The first kappa shape index (κ1) is 63.4. The van der Waals surface area contributed by atoms with E-state index >= 15 is 0 Å². The summed E-state index contributed by atoms with van der Waals surface area (Å²) in [4.78, 5) is 38.0. The molecule has 0 N–H and O–H groups in total. The van der Waals surface area contributed by atoms with Gasteiger partial charge in [-0.3, -0.25) is 14.4 Å². The van der Waals surface area contributed by atoms with Crippen LogP contribution in [0, 0.1) is 5.92 Å². The van der Waals surface area contributed by atoms with Gasteiger partial charge >= 0.3 is 17.9 Å². The van der Waals surface area contributed by atoms with Crippen LogP contribution in [0.25, 0.3) is 0 Å². The van der Waals surface area contributed by atoms with Gasteiger partial charge in [-0.2, -0.15) is 0 Å². The van der Waals surface area contributed by atoms with Crippen molar-refractivity contribution in [1.82, 2.24) is 0 Å². The Balaban J connectivity index is 4.17. The average molecular weight is 920 g/mol. The van der Waals surface area contributed by atoms with Gasteiger partial charge in [0, 0.05) is 19.3 Å². The standard InChI is InChI=1S/C59H114O6/c1-5-8-10-12-14-16-17-18-19-25-29-32-36-40-44-48-52-59(62)65-56(53-63-57(60)50-46-42-38-33-15-13-11-9-6-2)54-64-58(61)51-47-43-39-35-31-28-26-23-21-20-22-24-27-30-34-37-41-45-49-55(4)7-3/h55-56H,5-54H2,1-4H3/t55?,56-/m1/s1. The molecule has 6 nitrogen and oxygen atoms in total. The van der Waals surface area contributed by atoms with Crippen LogP contribution in [0.2, 0.25) is 0 Å². The van der Waals surface area contributed by atoms with Crippen LogP contribution in [0.4, 0.5) is 0 Å². The van der Waals surface area contributed by atoms with Gasteiger partial charge in [-0.15, -0.1) is 0 Å². The predicted molar refractivity (Wildman–Crippen MR) is 280 cm³/mol. The highest BCUT2D eigenvalue weighted by molar-refractivity contribution is 5.71. The largest absolute Gasteiger partial charge is 0.462 e. The zero-order valence-corrected chi connectivity index (χ0v) is 44.5. The number of esters is 3. The van der Waals surface area contributed by atoms with Crippen LogP contribution < -0.4 is 0 Å². The van der Waals surface area contributed by atoms with Crippen molar-refractivity contribution >= 4 is 17.9 Å². The zero-order chi connectivity index (χ0) is 47.4. The number of unbranched alkanes of at least 4 members (excludes halogenated alkanes) is 40. The predicted octanol–water partition coefficient (Wildman–Crippen LogP) is 19.4. The molecule has 386 valence electrons. The van der Waals surface area contributed by atoms with E-state index in [0.717, 1.165) is 63.7 Å². The lowest BCUT2D eigenvalue weighted by Crippen LogP contribution is -2.30. The fraction of sp³-hybridized carbons (Fsp3) is 0.949. The maximum atomic E-state index is 12.8. The molecule has 0 aliphatic carbocycles. The third-order valence-corrected chi connectivity index (χ3v) is 13.9. The number of rotatable bonds is 54. The summed E-state index contributed by atoms with van der Waals surface area (Å²) in [5.74, 6) is 0.0720. The Morgan fingerprint density at radius 1 is 0.308 bits per heavy atom. The third-order valence-electron chi connectivity index (χ3n) is 13.9. The Kier molecular flexibility index (Phi) is 52.1. The van der Waals surface area contributed by atoms with Crippen molar-refractivity contribution in [2.75, 3.05) is 13.2 Å². The molecule has 0 radical (unpaired) electrons. The smallest absolute Gasteiger partial charge is 0.306 e. The molecule has 6 heteroatoms. The lowest BCUT2D eigenvalue weighted by atomic mass is 9.99. The molecule has 0 rings (SSSR count). The van der Waals surface area contributed by atoms with Gasteiger partial charge in [-0.25, -0.2) is 0 Å². The van der Waals surface area contributed by atoms with Crippen LogP contribution in [-0.4, -0.2) is 37.2 Å². The topological polar surface area (TPSA) is 78.9 Å². The fourth-order valence-electron chi connectivity index (χ4n) is 9.07. The molecule has 0 spiro atoms. The molecule has 0 aromatic rings. The molecule has 0 saturated carbocycles. The van der Waals surface area contributed by atoms with Gasteiger partial charge in [-0.1, -0.05) is 297 Å². The highest BCUT2D eigenvalue weighted by Gasteiger charge is 2.19. The molecule has 1 unspecified atom stereocenters. The van der Waals surface area contributed by atoms with Crippen LogP contribution in [0.1, 0.15) is 336 Å². The maximum Gasteiger partial charge on any atom is 0.306 e. The van der Waals surface area contributed by atoms with E-state index in [9.17, 15) is 14.4 Å². The van der Waals surface area contributed by atoms with Gasteiger partial charge in [0.05, 0.1) is 0 Å². The molecule has 0 saturated heterocycles. The molecule has 0 aliphatic heterocycles. The van der Waals surface area contributed by atoms with E-state index in [0.29, 0.717) is 19.3 Å². The summed E-state index contributed by atoms with van der Waals surface area (Å²) in [5, 5.41) is 0. The van der Waals surface area contributed by atoms with Gasteiger partial charge in [0.1, 0.15) is 13.2 Å². The summed E-state index contributed by atoms with van der Waals surface area (Å²) in [6.45, 7) is 9.09. The minimum Gasteiger partial charge on any atom is -0.462 e. The molecule has 0 heterocycles. The van der Waals surface area contributed by atoms with Gasteiger partial charge in [0.15, 0.2) is 6.10 Å². The van der Waals surface area contributed by atoms with E-state index in [1.54, 1.807) is 0 Å². The van der Waals surface area contributed by atoms with Crippen LogP contribution in [-0.2, 0) is 28.6 Å². The lowest BCUT2D eigenvalue weighted by Gasteiger charge is -2.18. The van der Waals surface area contributed by atoms with Crippen LogP contribution in [0.15, 0.2) is 0 Å². The quantitative estimate of drug-likeness (QED) is 0.0344. The number of hydrogen-bond acceptors (Lipinski definition) is 6. The van der Waals surface area contributed by atoms with Crippen LogP contribution in [0.5, 0.6) is 0 Å². The van der Waals surface area contributed by atoms with E-state index < -0.39 is 6.10 Å². The zero-order valence-electron chi connectivity index (χ0n) is 44.5. The molecule has 0 amide bonds. The van der Waals surface area contributed by atoms with Gasteiger partial charge in [-0.05, 0) is 25.2 Å². The fourth-order valence-corrected chi connectivity index (χ4v) is 9.07. The van der Waals surface area contributed by atoms with Crippen LogP contribution in [0.3, 0.4) is 0 Å². The summed E-state index contributed by atoms with van der Waals surface area (Å²) in [6.07, 6.45) is 58.1. The Labute approximate surface area is 406 Å². The summed E-state index contributed by atoms with van der Waals surface area (Å²) in [7, 11) is 0. The summed E-state index contributed by atoms with van der Waals surface area (Å²) in [5.41, 5.74) is 0. The van der Waals surface area contributed by atoms with Gasteiger partial charge in [0.2, 0.25) is 0 Å². The second-order valence-corrected chi connectivity index (χ2v) is 20.5. The lowest BCUT2D eigenvalue weighted by molar-refractivity contribution is -0.167. The van der Waals surface area contributed by atoms with Crippen molar-refractivity contribution < 1.29 is 28.6 Å². The summed E-state index contributed by atoms with van der Waals surface area (Å²) in [6, 6.07) is 0. The first-order valence-corrected chi connectivity index (χ1v) is 29.4. The van der Waals surface area contributed by atoms with Crippen LogP contribution >= 0.6 is 0 Å². The molecule has 0 bridgehead atoms. The molecule has 0 aliphatic rings. The molecule has 0 aromatic carbocycles. The van der Waals surface area contributed by atoms with Crippen molar-refractivity contribution in [3.63, 3.8) is 0 Å². The van der Waals surface area contributed by atoms with E-state index in [-0.39, 0.29) is 31.1 Å². The normalized spacial score (nSPS) is 12.4. The number of carbonyl (C=O) groups is 3. The van der Waals surface area contributed by atoms with E-state index in [2.05, 4.69) is 27.7 Å². The van der Waals surface area contributed by atoms with Gasteiger partial charge in [0.25, 0.3) is 0 Å². The highest BCUT2D eigenvalue weighted by Crippen LogP contribution is 2.18. The van der Waals surface area contributed by atoms with Crippen molar-refractivity contribution in [3.8, 4) is 0 Å². The minimum atomic E-state index is -0.761. The molecular formula is C59H114O6. The van der Waals surface area contributed by atoms with Crippen molar-refractivity contribution in [1.29, 1.82) is 0 Å². The van der Waals surface area contributed by atoms with E-state index in [1.807, 2.05) is 0 Å². The first-order valence-electron chi connectivity index (χ1n) is 29.4. The monoisotopic (exact) mass is 919 g/mol. The first-order chi connectivity index (χ1) is 31.9. The number of hydrogen-bond donors (Lipinski definition) is 0. The molecule has 65 heavy (non-hydrogen) atoms. The Morgan fingerprint density at radius 2 is 0.538 bits per heavy atom. The van der Waals surface area contributed by atoms with E-state index in [1.165, 1.54) is 231 Å². The molecular weight excluding hydrogens is 805 g/mol. The third kappa shape index (κ3) is 51.6. The number of carbonyl (C=O) groups excluding carboxylic acids is 3. The summed E-state index contributed by atoms with van der Waals surface area (Å²) >= 11 is 0. The second kappa shape index (κ2) is 53.4. The minimum absolute atomic E-state index is 0.0619. The highest BCUT2D eigenvalue weighted by atomic mass is 16.6. The van der Waals surface area contributed by atoms with Crippen molar-refractivity contribution in [2.24, 2.45) is 5.92 Å². The Bertz CT molecular complexity index is 982. The molecule has 2 atom stereocenters. The SMILES string of the molecule is CCCCCCCCCCCCCCCCCCC(=O)O[C@H](COC(=O)CCCCCCCCCCC)COC(=O)CCCCCCCCCCCCCCCCCCCCC(C)CC. The second-order valence-electron chi connectivity index (χ2n) is 20.5. The van der Waals surface area contributed by atoms with Crippen molar-refractivity contribution in [3.05, 3.63) is 0 Å². The number of ether oxygens (including phenoxy) is 3. The Morgan fingerprint density at radius 3 is 0.800 bits per heavy atom. The molecule has 0 fully saturated rings. The van der Waals surface area contributed by atoms with Gasteiger partial charge < -0.3 is 14.2 Å². The van der Waals surface area contributed by atoms with E-state index in [4.69, 9.17) is 14.2 Å². The summed E-state index contributed by atoms with van der Waals surface area (Å²) < 4.78 is 16.9.